The highest BCUT2D eigenvalue weighted by Gasteiger charge is 2.39. The highest BCUT2D eigenvalue weighted by molar-refractivity contribution is 8.00. The van der Waals surface area contributed by atoms with E-state index in [0.717, 1.165) is 23.4 Å². The maximum atomic E-state index is 13.0. The Labute approximate surface area is 248 Å². The highest BCUT2D eigenvalue weighted by Crippen LogP contribution is 2.50. The summed E-state index contributed by atoms with van der Waals surface area (Å²) in [6.07, 6.45) is 1.51. The molecule has 3 amide bonds. The van der Waals surface area contributed by atoms with Crippen LogP contribution >= 0.6 is 11.8 Å². The third-order valence-electron chi connectivity index (χ3n) is 7.22. The maximum Gasteiger partial charge on any atom is 0.302 e. The molecule has 2 aromatic carbocycles. The summed E-state index contributed by atoms with van der Waals surface area (Å²) in [5.74, 6) is -1.46. The quantitative estimate of drug-likeness (QED) is 0.132. The molecule has 0 saturated carbocycles. The van der Waals surface area contributed by atoms with Crippen molar-refractivity contribution >= 4 is 51.3 Å². The molecule has 4 rings (SSSR count). The number of hydrogen-bond donors (Lipinski definition) is 3. The fourth-order valence-electron chi connectivity index (χ4n) is 5.19. The molecule has 13 heteroatoms. The van der Waals surface area contributed by atoms with Crippen molar-refractivity contribution in [2.24, 2.45) is 0 Å². The fraction of sp³-hybridized carbons (Fsp3) is 0.379. The Bertz CT molecular complexity index is 1540. The van der Waals surface area contributed by atoms with E-state index in [1.54, 1.807) is 31.3 Å². The average molecular weight is 616 g/mol. The first-order chi connectivity index (χ1) is 19.9. The lowest BCUT2D eigenvalue weighted by Crippen LogP contribution is -2.34. The van der Waals surface area contributed by atoms with Gasteiger partial charge < -0.3 is 15.4 Å². The van der Waals surface area contributed by atoms with Gasteiger partial charge >= 0.3 is 5.97 Å². The minimum Gasteiger partial charge on any atom is -0.465 e. The molecule has 0 aromatic heterocycles. The number of imide groups is 1. The van der Waals surface area contributed by atoms with Crippen molar-refractivity contribution in [1.29, 1.82) is 0 Å². The predicted molar refractivity (Wildman–Crippen MR) is 158 cm³/mol. The molecular weight excluding hydrogens is 582 g/mol. The number of ether oxygens (including phenoxy) is 1. The normalized spacial score (nSPS) is 17.5. The molecule has 3 N–H and O–H groups in total. The molecule has 2 unspecified atom stereocenters. The number of fused-ring (bicyclic) bond motifs is 3. The smallest absolute Gasteiger partial charge is 0.302 e. The Morgan fingerprint density at radius 2 is 1.81 bits per heavy atom. The minimum absolute atomic E-state index is 0.0652. The van der Waals surface area contributed by atoms with E-state index < -0.39 is 33.2 Å². The molecule has 1 fully saturated rings. The molecule has 1 heterocycles. The van der Waals surface area contributed by atoms with Crippen LogP contribution in [-0.4, -0.2) is 72.8 Å². The summed E-state index contributed by atoms with van der Waals surface area (Å²) < 4.78 is 39.8. The van der Waals surface area contributed by atoms with Gasteiger partial charge in [0.1, 0.15) is 11.5 Å². The molecule has 2 atom stereocenters. The second-order valence-corrected chi connectivity index (χ2v) is 12.7. The van der Waals surface area contributed by atoms with E-state index in [4.69, 9.17) is 4.74 Å². The second-order valence-electron chi connectivity index (χ2n) is 10.0. The number of esters is 1. The number of likely N-dealkylation sites (tertiary alicyclic amines) is 1. The summed E-state index contributed by atoms with van der Waals surface area (Å²) >= 11 is 1.42. The number of hydrogen-bond acceptors (Lipinski definition) is 9. The first-order valence-corrected chi connectivity index (χ1v) is 15.9. The van der Waals surface area contributed by atoms with Crippen LogP contribution in [0.5, 0.6) is 0 Å². The summed E-state index contributed by atoms with van der Waals surface area (Å²) in [7, 11) is -2.84. The summed E-state index contributed by atoms with van der Waals surface area (Å²) in [6.45, 7) is 4.98. The monoisotopic (exact) mass is 615 g/mol. The average Bonchev–Trinajstić information content (AvgIpc) is 3.40. The molecule has 0 radical (unpaired) electrons. The zero-order valence-corrected chi connectivity index (χ0v) is 25.0. The molecule has 1 aliphatic heterocycles. The van der Waals surface area contributed by atoms with E-state index in [2.05, 4.69) is 17.2 Å². The number of thioether (sulfide) groups is 1. The van der Waals surface area contributed by atoms with Crippen molar-refractivity contribution < 1.29 is 36.9 Å². The standard InChI is InChI=1S/C29H33N3O8S2/c1-17(30-3)7-6-14-41-23-15-26(35)32(29(23)36)13-12-25(34)31-22-10-4-8-19-21(16-40-18(2)33)20-9-5-11-24(42(37,38)39)28(20)27(19)22/h4-5,8-11,21,23,30H,1,6-7,12-16H2,2-3H3,(H,31,34)(H,37,38,39). The van der Waals surface area contributed by atoms with Gasteiger partial charge in [-0.3, -0.25) is 28.6 Å². The minimum atomic E-state index is -4.64. The van der Waals surface area contributed by atoms with Crippen LogP contribution < -0.4 is 10.6 Å². The molecule has 11 nitrogen and oxygen atoms in total. The highest BCUT2D eigenvalue weighted by atomic mass is 32.2. The third kappa shape index (κ3) is 6.85. The van der Waals surface area contributed by atoms with Crippen molar-refractivity contribution in [3.63, 3.8) is 0 Å². The summed E-state index contributed by atoms with van der Waals surface area (Å²) in [6, 6.07) is 9.44. The molecule has 0 spiro atoms. The van der Waals surface area contributed by atoms with Gasteiger partial charge in [0.2, 0.25) is 17.7 Å². The van der Waals surface area contributed by atoms with Crippen LogP contribution in [0.25, 0.3) is 11.1 Å². The number of allylic oxidation sites excluding steroid dienone is 1. The van der Waals surface area contributed by atoms with E-state index in [0.29, 0.717) is 22.4 Å². The van der Waals surface area contributed by atoms with Gasteiger partial charge in [0.25, 0.3) is 10.1 Å². The first-order valence-electron chi connectivity index (χ1n) is 13.4. The van der Waals surface area contributed by atoms with E-state index in [1.165, 1.54) is 30.8 Å². The second kappa shape index (κ2) is 13.1. The zero-order valence-electron chi connectivity index (χ0n) is 23.3. The Kier molecular flexibility index (Phi) is 9.74. The van der Waals surface area contributed by atoms with E-state index in [1.807, 2.05) is 0 Å². The van der Waals surface area contributed by atoms with E-state index in [9.17, 15) is 32.1 Å². The van der Waals surface area contributed by atoms with Crippen LogP contribution in [0.3, 0.4) is 0 Å². The van der Waals surface area contributed by atoms with Gasteiger partial charge in [-0.1, -0.05) is 30.8 Å². The number of carbonyl (C=O) groups excluding carboxylic acids is 4. The van der Waals surface area contributed by atoms with E-state index in [-0.39, 0.29) is 54.0 Å². The number of rotatable bonds is 13. The van der Waals surface area contributed by atoms with Gasteiger partial charge in [-0.15, -0.1) is 11.8 Å². The van der Waals surface area contributed by atoms with Crippen molar-refractivity contribution in [2.45, 2.75) is 48.7 Å². The third-order valence-corrected chi connectivity index (χ3v) is 9.41. The molecule has 2 aromatic rings. The van der Waals surface area contributed by atoms with E-state index >= 15 is 0 Å². The van der Waals surface area contributed by atoms with Crippen LogP contribution in [0.4, 0.5) is 5.69 Å². The lowest BCUT2D eigenvalue weighted by molar-refractivity contribution is -0.141. The van der Waals surface area contributed by atoms with Gasteiger partial charge in [0.05, 0.1) is 5.25 Å². The Hall–Kier alpha value is -3.68. The molecule has 0 bridgehead atoms. The lowest BCUT2D eigenvalue weighted by atomic mass is 9.98. The molecule has 1 saturated heterocycles. The van der Waals surface area contributed by atoms with Gasteiger partial charge in [-0.2, -0.15) is 8.42 Å². The van der Waals surface area contributed by atoms with Crippen molar-refractivity contribution in [1.82, 2.24) is 10.2 Å². The van der Waals surface area contributed by atoms with Crippen LogP contribution in [0.2, 0.25) is 0 Å². The van der Waals surface area contributed by atoms with Gasteiger partial charge in [0, 0.05) is 61.8 Å². The molecule has 2 aliphatic rings. The van der Waals surface area contributed by atoms with Gasteiger partial charge in [0.15, 0.2) is 0 Å². The Balaban J connectivity index is 1.48. The maximum absolute atomic E-state index is 13.0. The van der Waals surface area contributed by atoms with Crippen LogP contribution in [0, 0.1) is 0 Å². The summed E-state index contributed by atoms with van der Waals surface area (Å²) in [5, 5.41) is 5.27. The number of nitrogens with one attached hydrogen (secondary N) is 2. The fourth-order valence-corrected chi connectivity index (χ4v) is 7.05. The number of amides is 3. The first kappa shape index (κ1) is 31.3. The molecule has 224 valence electrons. The number of benzene rings is 2. The van der Waals surface area contributed by atoms with Crippen LogP contribution in [0.15, 0.2) is 53.6 Å². The van der Waals surface area contributed by atoms with Crippen molar-refractivity contribution in [3.8, 4) is 11.1 Å². The van der Waals surface area contributed by atoms with Crippen molar-refractivity contribution in [3.05, 3.63) is 59.8 Å². The van der Waals surface area contributed by atoms with Crippen LogP contribution in [-0.2, 0) is 34.0 Å². The largest absolute Gasteiger partial charge is 0.465 e. The predicted octanol–water partition coefficient (Wildman–Crippen LogP) is 3.31. The Morgan fingerprint density at radius 3 is 2.48 bits per heavy atom. The van der Waals surface area contributed by atoms with Gasteiger partial charge in [-0.25, -0.2) is 0 Å². The zero-order chi connectivity index (χ0) is 30.6. The summed E-state index contributed by atoms with van der Waals surface area (Å²) in [4.78, 5) is 50.7. The molecule has 42 heavy (non-hydrogen) atoms. The number of nitrogens with zero attached hydrogens (tertiary/aromatic N) is 1. The van der Waals surface area contributed by atoms with Gasteiger partial charge in [-0.05, 0) is 41.9 Å². The molecular formula is C29H33N3O8S2. The summed E-state index contributed by atoms with van der Waals surface area (Å²) in [5.41, 5.74) is 2.93. The SMILES string of the molecule is C=C(CCCSC1CC(=O)N(CCC(=O)Nc2cccc3c2-c2c(cccc2S(=O)(=O)O)C3COC(C)=O)C1=O)NC. The number of carbonyl (C=O) groups is 4. The van der Waals surface area contributed by atoms with Crippen LogP contribution in [0.1, 0.15) is 49.7 Å². The molecule has 1 aliphatic carbocycles. The Morgan fingerprint density at radius 1 is 1.12 bits per heavy atom. The topological polar surface area (TPSA) is 159 Å². The lowest BCUT2D eigenvalue weighted by Gasteiger charge is -2.16. The van der Waals surface area contributed by atoms with Crippen molar-refractivity contribution in [2.75, 3.05) is 31.3 Å². The number of anilines is 1.